The SMILES string of the molecule is N#Cc1cnc(Nc2cc(NCC3CCNCC3)c(OC3CC3)nn2)cn1. The number of rotatable bonds is 7. The number of anilines is 3. The third-order valence-corrected chi connectivity index (χ3v) is 4.63. The van der Waals surface area contributed by atoms with Crippen molar-refractivity contribution in [2.75, 3.05) is 30.3 Å². The van der Waals surface area contributed by atoms with E-state index in [0.717, 1.165) is 51.0 Å². The molecule has 27 heavy (non-hydrogen) atoms. The third-order valence-electron chi connectivity index (χ3n) is 4.63. The van der Waals surface area contributed by atoms with E-state index in [1.807, 2.05) is 12.1 Å². The first-order valence-corrected chi connectivity index (χ1v) is 9.28. The number of hydrogen-bond acceptors (Lipinski definition) is 9. The highest BCUT2D eigenvalue weighted by atomic mass is 16.5. The lowest BCUT2D eigenvalue weighted by atomic mass is 9.98. The Morgan fingerprint density at radius 1 is 1.11 bits per heavy atom. The summed E-state index contributed by atoms with van der Waals surface area (Å²) in [6, 6.07) is 3.83. The average molecular weight is 366 g/mol. The summed E-state index contributed by atoms with van der Waals surface area (Å²) in [6.07, 6.45) is 7.62. The first-order chi connectivity index (χ1) is 13.3. The van der Waals surface area contributed by atoms with E-state index in [1.54, 1.807) is 0 Å². The lowest BCUT2D eigenvalue weighted by Crippen LogP contribution is -2.31. The number of nitrogens with zero attached hydrogens (tertiary/aromatic N) is 5. The van der Waals surface area contributed by atoms with Crippen LogP contribution in [0.5, 0.6) is 5.88 Å². The molecular weight excluding hydrogens is 344 g/mol. The molecule has 3 N–H and O–H groups in total. The van der Waals surface area contributed by atoms with Gasteiger partial charge in [-0.15, -0.1) is 10.2 Å². The zero-order valence-electron chi connectivity index (χ0n) is 15.0. The molecule has 0 bridgehead atoms. The zero-order chi connectivity index (χ0) is 18.5. The summed E-state index contributed by atoms with van der Waals surface area (Å²) in [5, 5.41) is 27.2. The van der Waals surface area contributed by atoms with Crippen molar-refractivity contribution in [3.63, 3.8) is 0 Å². The summed E-state index contributed by atoms with van der Waals surface area (Å²) < 4.78 is 5.89. The average Bonchev–Trinajstić information content (AvgIpc) is 3.53. The first kappa shape index (κ1) is 17.4. The van der Waals surface area contributed by atoms with Crippen molar-refractivity contribution >= 4 is 17.3 Å². The minimum absolute atomic E-state index is 0.252. The van der Waals surface area contributed by atoms with E-state index in [-0.39, 0.29) is 11.8 Å². The summed E-state index contributed by atoms with van der Waals surface area (Å²) in [5.41, 5.74) is 1.10. The molecule has 2 aromatic rings. The zero-order valence-corrected chi connectivity index (χ0v) is 15.0. The Morgan fingerprint density at radius 2 is 1.96 bits per heavy atom. The molecule has 4 rings (SSSR count). The molecule has 9 heteroatoms. The Kier molecular flexibility index (Phi) is 5.25. The van der Waals surface area contributed by atoms with E-state index in [0.29, 0.717) is 23.4 Å². The maximum Gasteiger partial charge on any atom is 0.257 e. The molecular formula is C18H22N8O. The van der Waals surface area contributed by atoms with Crippen LogP contribution in [0.15, 0.2) is 18.5 Å². The molecule has 9 nitrogen and oxygen atoms in total. The molecule has 3 heterocycles. The molecule has 2 fully saturated rings. The summed E-state index contributed by atoms with van der Waals surface area (Å²) >= 11 is 0. The number of nitriles is 1. The Morgan fingerprint density at radius 3 is 2.67 bits per heavy atom. The molecule has 0 radical (unpaired) electrons. The van der Waals surface area contributed by atoms with E-state index in [1.165, 1.54) is 12.4 Å². The van der Waals surface area contributed by atoms with Crippen molar-refractivity contribution in [3.8, 4) is 11.9 Å². The third kappa shape index (κ3) is 4.80. The highest BCUT2D eigenvalue weighted by molar-refractivity contribution is 5.61. The van der Waals surface area contributed by atoms with Crippen molar-refractivity contribution in [2.24, 2.45) is 5.92 Å². The van der Waals surface area contributed by atoms with Crippen LogP contribution in [-0.2, 0) is 0 Å². The maximum absolute atomic E-state index is 8.81. The van der Waals surface area contributed by atoms with Gasteiger partial charge in [-0.25, -0.2) is 9.97 Å². The fourth-order valence-electron chi connectivity index (χ4n) is 2.92. The minimum Gasteiger partial charge on any atom is -0.472 e. The largest absolute Gasteiger partial charge is 0.472 e. The van der Waals surface area contributed by atoms with E-state index in [9.17, 15) is 0 Å². The molecule has 1 saturated carbocycles. The standard InChI is InChI=1S/C18H22N8O/c19-8-13-10-23-17(11-21-13)24-16-7-15(18(26-25-16)27-14-1-2-14)22-9-12-3-5-20-6-4-12/h7,10-12,14,20H,1-6,9H2,(H2,22,23,24,25). The van der Waals surface area contributed by atoms with Gasteiger partial charge in [0.15, 0.2) is 11.5 Å². The Labute approximate surface area is 157 Å². The van der Waals surface area contributed by atoms with Crippen LogP contribution in [0, 0.1) is 17.2 Å². The summed E-state index contributed by atoms with van der Waals surface area (Å²) in [4.78, 5) is 8.15. The number of ether oxygens (including phenoxy) is 1. The van der Waals surface area contributed by atoms with Gasteiger partial charge in [-0.05, 0) is 44.7 Å². The van der Waals surface area contributed by atoms with Gasteiger partial charge in [-0.1, -0.05) is 0 Å². The van der Waals surface area contributed by atoms with E-state index in [2.05, 4.69) is 36.1 Å². The van der Waals surface area contributed by atoms with Crippen LogP contribution in [-0.4, -0.2) is 45.9 Å². The molecule has 2 aliphatic rings. The first-order valence-electron chi connectivity index (χ1n) is 9.28. The number of aromatic nitrogens is 4. The van der Waals surface area contributed by atoms with Gasteiger partial charge >= 0.3 is 0 Å². The van der Waals surface area contributed by atoms with Gasteiger partial charge in [0.2, 0.25) is 0 Å². The fraction of sp³-hybridized carbons (Fsp3) is 0.500. The van der Waals surface area contributed by atoms with Crippen molar-refractivity contribution in [3.05, 3.63) is 24.2 Å². The van der Waals surface area contributed by atoms with Crippen molar-refractivity contribution < 1.29 is 4.74 Å². The van der Waals surface area contributed by atoms with Crippen molar-refractivity contribution in [2.45, 2.75) is 31.8 Å². The smallest absolute Gasteiger partial charge is 0.257 e. The van der Waals surface area contributed by atoms with Crippen LogP contribution < -0.4 is 20.7 Å². The van der Waals surface area contributed by atoms with Crippen molar-refractivity contribution in [1.82, 2.24) is 25.5 Å². The van der Waals surface area contributed by atoms with Crippen LogP contribution in [0.1, 0.15) is 31.4 Å². The van der Waals surface area contributed by atoms with Crippen LogP contribution in [0.4, 0.5) is 17.3 Å². The molecule has 140 valence electrons. The van der Waals surface area contributed by atoms with Gasteiger partial charge < -0.3 is 20.7 Å². The van der Waals surface area contributed by atoms with Gasteiger partial charge in [-0.2, -0.15) is 5.26 Å². The van der Waals surface area contributed by atoms with Gasteiger partial charge in [0.25, 0.3) is 5.88 Å². The van der Waals surface area contributed by atoms with Crippen molar-refractivity contribution in [1.29, 1.82) is 5.26 Å². The Bertz CT molecular complexity index is 809. The van der Waals surface area contributed by atoms with Crippen LogP contribution in [0.25, 0.3) is 0 Å². The Hall–Kier alpha value is -2.99. The van der Waals surface area contributed by atoms with Crippen LogP contribution in [0.2, 0.25) is 0 Å². The number of nitrogens with one attached hydrogen (secondary N) is 3. The van der Waals surface area contributed by atoms with Crippen LogP contribution >= 0.6 is 0 Å². The Balaban J connectivity index is 1.47. The quantitative estimate of drug-likeness (QED) is 0.674. The minimum atomic E-state index is 0.252. The molecule has 1 saturated heterocycles. The second-order valence-corrected chi connectivity index (χ2v) is 6.86. The maximum atomic E-state index is 8.81. The predicted octanol–water partition coefficient (Wildman–Crippen LogP) is 1.83. The summed E-state index contributed by atoms with van der Waals surface area (Å²) in [7, 11) is 0. The van der Waals surface area contributed by atoms with Gasteiger partial charge in [0.1, 0.15) is 23.7 Å². The summed E-state index contributed by atoms with van der Waals surface area (Å²) in [6.45, 7) is 3.01. The van der Waals surface area contributed by atoms with Gasteiger partial charge in [-0.3, -0.25) is 0 Å². The topological polar surface area (TPSA) is 121 Å². The van der Waals surface area contributed by atoms with Gasteiger partial charge in [0, 0.05) is 12.6 Å². The molecule has 1 aliphatic heterocycles. The molecule has 0 aromatic carbocycles. The monoisotopic (exact) mass is 366 g/mol. The van der Waals surface area contributed by atoms with E-state index >= 15 is 0 Å². The highest BCUT2D eigenvalue weighted by Gasteiger charge is 2.26. The second-order valence-electron chi connectivity index (χ2n) is 6.86. The number of piperidine rings is 1. The summed E-state index contributed by atoms with van der Waals surface area (Å²) in [5.74, 6) is 2.23. The molecule has 0 amide bonds. The molecule has 0 unspecified atom stereocenters. The normalized spacial score (nSPS) is 17.1. The highest BCUT2D eigenvalue weighted by Crippen LogP contribution is 2.31. The fourth-order valence-corrected chi connectivity index (χ4v) is 2.92. The van der Waals surface area contributed by atoms with Crippen LogP contribution in [0.3, 0.4) is 0 Å². The molecule has 0 spiro atoms. The van der Waals surface area contributed by atoms with E-state index in [4.69, 9.17) is 10.00 Å². The number of hydrogen-bond donors (Lipinski definition) is 3. The van der Waals surface area contributed by atoms with Gasteiger partial charge in [0.05, 0.1) is 12.4 Å². The lowest BCUT2D eigenvalue weighted by molar-refractivity contribution is 0.289. The molecule has 0 atom stereocenters. The lowest BCUT2D eigenvalue weighted by Gasteiger charge is -2.23. The molecule has 1 aliphatic carbocycles. The predicted molar refractivity (Wildman–Crippen MR) is 99.8 cm³/mol. The van der Waals surface area contributed by atoms with E-state index < -0.39 is 0 Å². The second kappa shape index (κ2) is 8.14. The molecule has 2 aromatic heterocycles.